The average molecular weight is 484 g/mol. The van der Waals surface area contributed by atoms with E-state index in [1.165, 1.54) is 18.2 Å². The molecule has 0 unspecified atom stereocenters. The van der Waals surface area contributed by atoms with E-state index >= 15 is 0 Å². The predicted molar refractivity (Wildman–Crippen MR) is 136 cm³/mol. The van der Waals surface area contributed by atoms with E-state index in [9.17, 15) is 19.7 Å². The number of carbonyl (C=O) groups excluding carboxylic acids is 2. The first-order valence-electron chi connectivity index (χ1n) is 11.1. The molecule has 180 valence electrons. The molecule has 1 fully saturated rings. The number of nitrogens with zero attached hydrogens (tertiary/aromatic N) is 3. The number of carbonyl (C=O) groups is 2. The lowest BCUT2D eigenvalue weighted by molar-refractivity contribution is -0.385. The Bertz CT molecular complexity index is 1080. The van der Waals surface area contributed by atoms with Crippen molar-refractivity contribution in [2.75, 3.05) is 36.4 Å². The SMILES string of the molecule is Cc1ccc(C(=O)NC(=S)Nc2ccc(N3CCN(C(=O)CC(C)C)CC3)cc2)cc1[N+](=O)[O-]. The number of hydrogen-bond acceptors (Lipinski definition) is 6. The third-order valence-electron chi connectivity index (χ3n) is 5.60. The van der Waals surface area contributed by atoms with Crippen LogP contribution in [0.15, 0.2) is 42.5 Å². The summed E-state index contributed by atoms with van der Waals surface area (Å²) in [4.78, 5) is 39.4. The molecule has 1 saturated heterocycles. The maximum atomic E-state index is 12.4. The highest BCUT2D eigenvalue weighted by atomic mass is 32.1. The Morgan fingerprint density at radius 3 is 2.32 bits per heavy atom. The normalized spacial score (nSPS) is 13.5. The summed E-state index contributed by atoms with van der Waals surface area (Å²) in [6.07, 6.45) is 0.581. The van der Waals surface area contributed by atoms with Gasteiger partial charge in [0.2, 0.25) is 5.91 Å². The summed E-state index contributed by atoms with van der Waals surface area (Å²) in [5, 5.41) is 16.7. The number of amides is 2. The van der Waals surface area contributed by atoms with Gasteiger partial charge in [0, 0.05) is 61.2 Å². The molecule has 0 radical (unpaired) electrons. The molecule has 0 saturated carbocycles. The van der Waals surface area contributed by atoms with Gasteiger partial charge >= 0.3 is 0 Å². The highest BCUT2D eigenvalue weighted by molar-refractivity contribution is 7.80. The number of benzene rings is 2. The molecule has 0 aliphatic carbocycles. The number of rotatable bonds is 6. The molecule has 1 aliphatic rings. The van der Waals surface area contributed by atoms with Gasteiger partial charge in [-0.1, -0.05) is 19.9 Å². The van der Waals surface area contributed by atoms with Crippen LogP contribution in [0.2, 0.25) is 0 Å². The van der Waals surface area contributed by atoms with Crippen LogP contribution in [0.4, 0.5) is 17.1 Å². The summed E-state index contributed by atoms with van der Waals surface area (Å²) in [5.74, 6) is 0.0453. The van der Waals surface area contributed by atoms with E-state index in [1.54, 1.807) is 6.92 Å². The molecule has 1 aliphatic heterocycles. The van der Waals surface area contributed by atoms with Crippen LogP contribution < -0.4 is 15.5 Å². The second-order valence-corrected chi connectivity index (χ2v) is 9.09. The van der Waals surface area contributed by atoms with E-state index in [-0.39, 0.29) is 22.3 Å². The minimum Gasteiger partial charge on any atom is -0.368 e. The van der Waals surface area contributed by atoms with Crippen LogP contribution in [-0.4, -0.2) is 52.9 Å². The van der Waals surface area contributed by atoms with Crippen LogP contribution in [0.25, 0.3) is 0 Å². The minimum absolute atomic E-state index is 0.0956. The highest BCUT2D eigenvalue weighted by Gasteiger charge is 2.22. The van der Waals surface area contributed by atoms with Crippen LogP contribution in [0, 0.1) is 23.0 Å². The third kappa shape index (κ3) is 6.50. The first kappa shape index (κ1) is 25.1. The Hall–Kier alpha value is -3.53. The minimum atomic E-state index is -0.526. The number of nitrogens with one attached hydrogen (secondary N) is 2. The molecule has 0 bridgehead atoms. The monoisotopic (exact) mass is 483 g/mol. The van der Waals surface area contributed by atoms with E-state index in [1.807, 2.05) is 29.2 Å². The maximum Gasteiger partial charge on any atom is 0.273 e. The van der Waals surface area contributed by atoms with Crippen LogP contribution in [0.5, 0.6) is 0 Å². The summed E-state index contributed by atoms with van der Waals surface area (Å²) in [6.45, 7) is 8.67. The second kappa shape index (κ2) is 11.1. The van der Waals surface area contributed by atoms with Gasteiger partial charge in [-0.2, -0.15) is 0 Å². The lowest BCUT2D eigenvalue weighted by Crippen LogP contribution is -2.49. The largest absolute Gasteiger partial charge is 0.368 e. The first-order chi connectivity index (χ1) is 16.1. The second-order valence-electron chi connectivity index (χ2n) is 8.68. The Morgan fingerprint density at radius 1 is 1.09 bits per heavy atom. The van der Waals surface area contributed by atoms with Crippen molar-refractivity contribution in [3.05, 3.63) is 63.7 Å². The predicted octanol–water partition coefficient (Wildman–Crippen LogP) is 3.72. The van der Waals surface area contributed by atoms with E-state index in [0.717, 1.165) is 18.8 Å². The fraction of sp³-hybridized carbons (Fsp3) is 0.375. The zero-order valence-electron chi connectivity index (χ0n) is 19.5. The fourth-order valence-corrected chi connectivity index (χ4v) is 3.94. The summed E-state index contributed by atoms with van der Waals surface area (Å²) >= 11 is 5.22. The summed E-state index contributed by atoms with van der Waals surface area (Å²) in [7, 11) is 0. The molecule has 3 rings (SSSR count). The van der Waals surface area contributed by atoms with Crippen molar-refractivity contribution in [1.29, 1.82) is 0 Å². The van der Waals surface area contributed by atoms with E-state index in [4.69, 9.17) is 12.2 Å². The smallest absolute Gasteiger partial charge is 0.273 e. The van der Waals surface area contributed by atoms with Crippen molar-refractivity contribution in [3.8, 4) is 0 Å². The number of anilines is 2. The molecule has 2 amide bonds. The maximum absolute atomic E-state index is 12.4. The third-order valence-corrected chi connectivity index (χ3v) is 5.80. The molecule has 2 aromatic carbocycles. The Kier molecular flexibility index (Phi) is 8.17. The van der Waals surface area contributed by atoms with Gasteiger partial charge < -0.3 is 15.1 Å². The lowest BCUT2D eigenvalue weighted by atomic mass is 10.1. The van der Waals surface area contributed by atoms with Gasteiger partial charge in [-0.3, -0.25) is 25.0 Å². The van der Waals surface area contributed by atoms with E-state index in [2.05, 4.69) is 29.4 Å². The number of hydrogen-bond donors (Lipinski definition) is 2. The molecule has 1 heterocycles. The summed E-state index contributed by atoms with van der Waals surface area (Å²) in [5.41, 5.74) is 2.26. The number of nitro benzene ring substituents is 1. The number of aryl methyl sites for hydroxylation is 1. The molecule has 2 N–H and O–H groups in total. The quantitative estimate of drug-likeness (QED) is 0.366. The molecule has 0 spiro atoms. The Balaban J connectivity index is 1.52. The topological polar surface area (TPSA) is 108 Å². The van der Waals surface area contributed by atoms with Crippen molar-refractivity contribution in [3.63, 3.8) is 0 Å². The van der Waals surface area contributed by atoms with Crippen LogP contribution in [0.3, 0.4) is 0 Å². The van der Waals surface area contributed by atoms with Gasteiger partial charge in [0.25, 0.3) is 11.6 Å². The van der Waals surface area contributed by atoms with Crippen LogP contribution in [0.1, 0.15) is 36.2 Å². The lowest BCUT2D eigenvalue weighted by Gasteiger charge is -2.36. The van der Waals surface area contributed by atoms with Gasteiger partial charge in [0.1, 0.15) is 0 Å². The number of piperazine rings is 1. The molecule has 34 heavy (non-hydrogen) atoms. The average Bonchev–Trinajstić information content (AvgIpc) is 2.79. The molecule has 0 atom stereocenters. The molecular weight excluding hydrogens is 454 g/mol. The van der Waals surface area contributed by atoms with Crippen molar-refractivity contribution >= 4 is 46.2 Å². The zero-order valence-corrected chi connectivity index (χ0v) is 20.4. The molecule has 0 aromatic heterocycles. The van der Waals surface area contributed by atoms with Crippen molar-refractivity contribution in [1.82, 2.24) is 10.2 Å². The van der Waals surface area contributed by atoms with Gasteiger partial charge in [-0.25, -0.2) is 0 Å². The first-order valence-corrected chi connectivity index (χ1v) is 11.5. The van der Waals surface area contributed by atoms with E-state index in [0.29, 0.717) is 36.7 Å². The zero-order chi connectivity index (χ0) is 24.8. The summed E-state index contributed by atoms with van der Waals surface area (Å²) in [6, 6.07) is 11.9. The highest BCUT2D eigenvalue weighted by Crippen LogP contribution is 2.21. The fourth-order valence-electron chi connectivity index (χ4n) is 3.73. The van der Waals surface area contributed by atoms with Gasteiger partial charge in [-0.15, -0.1) is 0 Å². The van der Waals surface area contributed by atoms with Crippen LogP contribution >= 0.6 is 12.2 Å². The molecular formula is C24H29N5O4S. The standard InChI is InChI=1S/C24H29N5O4S/c1-16(2)14-22(30)28-12-10-27(11-13-28)20-8-6-19(7-9-20)25-24(34)26-23(31)18-5-4-17(3)21(15-18)29(32)33/h4-9,15-16H,10-14H2,1-3H3,(H2,25,26,31,34). The van der Waals surface area contributed by atoms with Gasteiger partial charge in [-0.05, 0) is 55.4 Å². The molecule has 2 aromatic rings. The van der Waals surface area contributed by atoms with Gasteiger partial charge in [0.05, 0.1) is 4.92 Å². The van der Waals surface area contributed by atoms with Crippen molar-refractivity contribution in [2.24, 2.45) is 5.92 Å². The van der Waals surface area contributed by atoms with Crippen molar-refractivity contribution < 1.29 is 14.5 Å². The Morgan fingerprint density at radius 2 is 1.74 bits per heavy atom. The van der Waals surface area contributed by atoms with E-state index < -0.39 is 10.8 Å². The molecule has 9 nitrogen and oxygen atoms in total. The molecule has 10 heteroatoms. The van der Waals surface area contributed by atoms with Crippen molar-refractivity contribution in [2.45, 2.75) is 27.2 Å². The van der Waals surface area contributed by atoms with Gasteiger partial charge in [0.15, 0.2) is 5.11 Å². The number of thiocarbonyl (C=S) groups is 1. The summed E-state index contributed by atoms with van der Waals surface area (Å²) < 4.78 is 0. The van der Waals surface area contributed by atoms with Crippen LogP contribution in [-0.2, 0) is 4.79 Å². The Labute approximate surface area is 204 Å². The number of nitro groups is 1.